The molecule has 0 unspecified atom stereocenters. The van der Waals surface area contributed by atoms with Gasteiger partial charge in [0.05, 0.1) is 23.9 Å². The number of nitrogens with one attached hydrogen (secondary N) is 1. The summed E-state index contributed by atoms with van der Waals surface area (Å²) in [7, 11) is 0. The molecule has 0 spiro atoms. The molecular formula is C26H36N4O3. The Balaban J connectivity index is 1.52. The fraction of sp³-hybridized carbons (Fsp3) is 0.615. The van der Waals surface area contributed by atoms with Gasteiger partial charge in [0.25, 0.3) is 0 Å². The molecule has 0 radical (unpaired) electrons. The number of hydrogen-bond acceptors (Lipinski definition) is 4. The zero-order valence-electron chi connectivity index (χ0n) is 20.2. The summed E-state index contributed by atoms with van der Waals surface area (Å²) in [5, 5.41) is 21.5. The topological polar surface area (TPSA) is 97.1 Å². The van der Waals surface area contributed by atoms with Gasteiger partial charge in [-0.25, -0.2) is 4.68 Å². The minimum Gasteiger partial charge on any atom is -0.481 e. The van der Waals surface area contributed by atoms with Crippen molar-refractivity contribution in [1.29, 1.82) is 0 Å². The Kier molecular flexibility index (Phi) is 6.86. The smallest absolute Gasteiger partial charge is 0.304 e. The molecular weight excluding hydrogens is 416 g/mol. The highest BCUT2D eigenvalue weighted by atomic mass is 16.4. The summed E-state index contributed by atoms with van der Waals surface area (Å²) in [6, 6.07) is 6.22. The lowest BCUT2D eigenvalue weighted by Gasteiger charge is -2.37. The van der Waals surface area contributed by atoms with E-state index in [2.05, 4.69) is 34.2 Å². The Morgan fingerprint density at radius 2 is 1.91 bits per heavy atom. The molecule has 2 aliphatic carbocycles. The third-order valence-corrected chi connectivity index (χ3v) is 6.98. The molecule has 1 aromatic carbocycles. The lowest BCUT2D eigenvalue weighted by molar-refractivity contribution is -0.137. The van der Waals surface area contributed by atoms with Gasteiger partial charge in [-0.05, 0) is 69.4 Å². The number of carboxylic acid groups (broad SMARTS) is 1. The minimum atomic E-state index is -0.920. The van der Waals surface area contributed by atoms with Crippen molar-refractivity contribution in [2.45, 2.75) is 90.5 Å². The second-order valence-electron chi connectivity index (χ2n) is 10.6. The molecule has 178 valence electrons. The van der Waals surface area contributed by atoms with Crippen LogP contribution in [0.15, 0.2) is 18.2 Å². The third kappa shape index (κ3) is 5.63. The largest absolute Gasteiger partial charge is 0.481 e. The average molecular weight is 453 g/mol. The Morgan fingerprint density at radius 3 is 2.52 bits per heavy atom. The number of aryl methyl sites for hydroxylation is 2. The second kappa shape index (κ2) is 9.65. The third-order valence-electron chi connectivity index (χ3n) is 6.98. The van der Waals surface area contributed by atoms with Crippen molar-refractivity contribution in [1.82, 2.24) is 15.0 Å². The van der Waals surface area contributed by atoms with Gasteiger partial charge in [0, 0.05) is 23.9 Å². The van der Waals surface area contributed by atoms with Gasteiger partial charge in [0.2, 0.25) is 5.91 Å². The molecule has 2 N–H and O–H groups in total. The number of anilines is 1. The van der Waals surface area contributed by atoms with Crippen LogP contribution in [-0.2, 0) is 9.59 Å². The maximum Gasteiger partial charge on any atom is 0.304 e. The molecule has 4 rings (SSSR count). The molecule has 1 aromatic heterocycles. The van der Waals surface area contributed by atoms with Crippen molar-refractivity contribution in [2.24, 2.45) is 11.8 Å². The van der Waals surface area contributed by atoms with Gasteiger partial charge in [-0.1, -0.05) is 36.8 Å². The monoisotopic (exact) mass is 452 g/mol. The normalized spacial score (nSPS) is 21.0. The quantitative estimate of drug-likeness (QED) is 0.506. The number of carbonyl (C=O) groups excluding carboxylic acids is 1. The Bertz CT molecular complexity index is 1020. The molecule has 0 bridgehead atoms. The van der Waals surface area contributed by atoms with Crippen LogP contribution < -0.4 is 5.32 Å². The molecule has 2 saturated carbocycles. The van der Waals surface area contributed by atoms with E-state index in [1.165, 1.54) is 6.42 Å². The van der Waals surface area contributed by atoms with E-state index >= 15 is 0 Å². The van der Waals surface area contributed by atoms with Crippen molar-refractivity contribution in [2.75, 3.05) is 5.32 Å². The Labute approximate surface area is 196 Å². The highest BCUT2D eigenvalue weighted by molar-refractivity contribution is 5.92. The van der Waals surface area contributed by atoms with Gasteiger partial charge in [-0.2, -0.15) is 0 Å². The van der Waals surface area contributed by atoms with E-state index in [1.807, 2.05) is 32.0 Å². The van der Waals surface area contributed by atoms with Gasteiger partial charge < -0.3 is 10.4 Å². The van der Waals surface area contributed by atoms with E-state index in [0.717, 1.165) is 54.1 Å². The predicted molar refractivity (Wildman–Crippen MR) is 127 cm³/mol. The van der Waals surface area contributed by atoms with E-state index in [0.29, 0.717) is 23.6 Å². The van der Waals surface area contributed by atoms with E-state index in [-0.39, 0.29) is 18.7 Å². The molecule has 1 atom stereocenters. The number of aliphatic carboxylic acids is 1. The standard InChI is InChI=1S/C26H36N4O3/c1-15(2)9-18-11-21(12-18)30-26(19-6-7-19)25(28-29-30)20(14-24(32)33)13-23(31)27-22-8-5-16(3)10-17(22)4/h5,8,10,15,18-21H,6-7,9,11-14H2,1-4H3,(H,27,31)(H,32,33)/t18-,20-,21-/m1/s1. The number of amides is 1. The molecule has 33 heavy (non-hydrogen) atoms. The van der Waals surface area contributed by atoms with Crippen molar-refractivity contribution in [3.05, 3.63) is 40.7 Å². The summed E-state index contributed by atoms with van der Waals surface area (Å²) < 4.78 is 2.07. The fourth-order valence-corrected chi connectivity index (χ4v) is 5.24. The molecule has 1 amide bonds. The highest BCUT2D eigenvalue weighted by Gasteiger charge is 2.40. The molecule has 2 fully saturated rings. The van der Waals surface area contributed by atoms with Crippen LogP contribution in [0.1, 0.15) is 99.2 Å². The van der Waals surface area contributed by atoms with Gasteiger partial charge in [-0.15, -0.1) is 5.10 Å². The van der Waals surface area contributed by atoms with Crippen LogP contribution in [0.5, 0.6) is 0 Å². The van der Waals surface area contributed by atoms with Crippen LogP contribution in [-0.4, -0.2) is 32.0 Å². The first-order chi connectivity index (χ1) is 15.7. The summed E-state index contributed by atoms with van der Waals surface area (Å²) in [6.07, 6.45) is 5.57. The first kappa shape index (κ1) is 23.5. The Hall–Kier alpha value is -2.70. The predicted octanol–water partition coefficient (Wildman–Crippen LogP) is 5.36. The zero-order chi connectivity index (χ0) is 23.7. The zero-order valence-corrected chi connectivity index (χ0v) is 20.2. The van der Waals surface area contributed by atoms with Crippen LogP contribution in [0.4, 0.5) is 5.69 Å². The molecule has 1 heterocycles. The van der Waals surface area contributed by atoms with E-state index in [9.17, 15) is 14.7 Å². The summed E-state index contributed by atoms with van der Waals surface area (Å²) in [5.41, 5.74) is 4.67. The van der Waals surface area contributed by atoms with E-state index < -0.39 is 11.9 Å². The maximum atomic E-state index is 12.9. The number of carboxylic acids is 1. The number of rotatable bonds is 10. The maximum absolute atomic E-state index is 12.9. The molecule has 0 saturated heterocycles. The number of carbonyl (C=O) groups is 2. The molecule has 2 aromatic rings. The van der Waals surface area contributed by atoms with E-state index in [1.54, 1.807) is 0 Å². The highest BCUT2D eigenvalue weighted by Crippen LogP contribution is 2.48. The van der Waals surface area contributed by atoms with Crippen molar-refractivity contribution in [3.63, 3.8) is 0 Å². The lowest BCUT2D eigenvalue weighted by Crippen LogP contribution is -2.29. The lowest BCUT2D eigenvalue weighted by atomic mass is 9.75. The Morgan fingerprint density at radius 1 is 1.18 bits per heavy atom. The van der Waals surface area contributed by atoms with Crippen LogP contribution in [0.2, 0.25) is 0 Å². The summed E-state index contributed by atoms with van der Waals surface area (Å²) >= 11 is 0. The molecule has 2 aliphatic rings. The molecule has 7 nitrogen and oxygen atoms in total. The fourth-order valence-electron chi connectivity index (χ4n) is 5.24. The van der Waals surface area contributed by atoms with E-state index in [4.69, 9.17) is 0 Å². The number of hydrogen-bond donors (Lipinski definition) is 2. The second-order valence-corrected chi connectivity index (χ2v) is 10.6. The van der Waals surface area contributed by atoms with Crippen molar-refractivity contribution in [3.8, 4) is 0 Å². The van der Waals surface area contributed by atoms with Gasteiger partial charge in [-0.3, -0.25) is 9.59 Å². The summed E-state index contributed by atoms with van der Waals surface area (Å²) in [5.74, 6) is 0.220. The summed E-state index contributed by atoms with van der Waals surface area (Å²) in [4.78, 5) is 24.6. The van der Waals surface area contributed by atoms with Gasteiger partial charge >= 0.3 is 5.97 Å². The first-order valence-corrected chi connectivity index (χ1v) is 12.2. The van der Waals surface area contributed by atoms with Crippen molar-refractivity contribution >= 4 is 17.6 Å². The number of nitrogens with zero attached hydrogens (tertiary/aromatic N) is 3. The summed E-state index contributed by atoms with van der Waals surface area (Å²) in [6.45, 7) is 8.49. The van der Waals surface area contributed by atoms with Crippen LogP contribution in [0.3, 0.4) is 0 Å². The van der Waals surface area contributed by atoms with Gasteiger partial charge in [0.15, 0.2) is 0 Å². The van der Waals surface area contributed by atoms with Crippen LogP contribution in [0, 0.1) is 25.7 Å². The first-order valence-electron chi connectivity index (χ1n) is 12.2. The van der Waals surface area contributed by atoms with Crippen LogP contribution >= 0.6 is 0 Å². The average Bonchev–Trinajstić information content (AvgIpc) is 3.44. The molecule has 7 heteroatoms. The number of aromatic nitrogens is 3. The minimum absolute atomic E-state index is 0.0820. The van der Waals surface area contributed by atoms with Crippen LogP contribution in [0.25, 0.3) is 0 Å². The number of benzene rings is 1. The van der Waals surface area contributed by atoms with Crippen molar-refractivity contribution < 1.29 is 14.7 Å². The van der Waals surface area contributed by atoms with Gasteiger partial charge in [0.1, 0.15) is 0 Å². The SMILES string of the molecule is Cc1ccc(NC(=O)C[C@H](CC(=O)O)c2nnn([C@H]3C[C@H](CC(C)C)C3)c2C2CC2)c(C)c1. The molecule has 0 aliphatic heterocycles.